The van der Waals surface area contributed by atoms with Gasteiger partial charge in [-0.05, 0) is 19.1 Å². The first-order chi connectivity index (χ1) is 11.1. The standard InChI is InChI=1S/C16H16N2O4S/c1-3-21-10-15(20)22-9-13(19)11(8-17)16-18(2)12-6-4-5-7-14(12)23-16/h4-7H,3,9-10H2,1-2H3/b16-11-. The Hall–Kier alpha value is -2.30. The summed E-state index contributed by atoms with van der Waals surface area (Å²) in [7, 11) is 1.79. The summed E-state index contributed by atoms with van der Waals surface area (Å²) in [5.41, 5.74) is 0.916. The van der Waals surface area contributed by atoms with Crippen molar-refractivity contribution in [2.45, 2.75) is 11.8 Å². The van der Waals surface area contributed by atoms with E-state index in [9.17, 15) is 14.9 Å². The number of ketones is 1. The summed E-state index contributed by atoms with van der Waals surface area (Å²) in [4.78, 5) is 26.3. The smallest absolute Gasteiger partial charge is 0.332 e. The molecule has 0 atom stereocenters. The van der Waals surface area contributed by atoms with Crippen molar-refractivity contribution < 1.29 is 19.1 Å². The van der Waals surface area contributed by atoms with Crippen LogP contribution in [0.2, 0.25) is 0 Å². The molecule has 0 unspecified atom stereocenters. The Bertz CT molecular complexity index is 694. The lowest BCUT2D eigenvalue weighted by Crippen LogP contribution is -2.21. The number of carbonyl (C=O) groups is 2. The molecule has 7 heteroatoms. The number of thioether (sulfide) groups is 1. The van der Waals surface area contributed by atoms with Crippen LogP contribution in [-0.4, -0.2) is 38.6 Å². The average molecular weight is 332 g/mol. The van der Waals surface area contributed by atoms with Gasteiger partial charge in [-0.3, -0.25) is 4.79 Å². The van der Waals surface area contributed by atoms with Gasteiger partial charge in [0.1, 0.15) is 23.3 Å². The van der Waals surface area contributed by atoms with Crippen LogP contribution in [-0.2, 0) is 19.1 Å². The molecule has 0 aliphatic carbocycles. The van der Waals surface area contributed by atoms with Gasteiger partial charge in [-0.25, -0.2) is 4.79 Å². The number of rotatable bonds is 6. The number of hydrogen-bond donors (Lipinski definition) is 0. The number of nitrogens with zero attached hydrogens (tertiary/aromatic N) is 2. The molecule has 0 N–H and O–H groups in total. The Balaban J connectivity index is 2.10. The van der Waals surface area contributed by atoms with Crippen molar-refractivity contribution in [3.05, 3.63) is 34.9 Å². The first-order valence-electron chi connectivity index (χ1n) is 7.00. The number of benzene rings is 1. The maximum absolute atomic E-state index is 12.2. The number of para-hydroxylation sites is 1. The Kier molecular flexibility index (Phi) is 5.79. The van der Waals surface area contributed by atoms with Gasteiger partial charge in [-0.2, -0.15) is 5.26 Å². The highest BCUT2D eigenvalue weighted by atomic mass is 32.2. The summed E-state index contributed by atoms with van der Waals surface area (Å²) in [5, 5.41) is 9.87. The van der Waals surface area contributed by atoms with Crippen LogP contribution < -0.4 is 4.90 Å². The number of nitriles is 1. The van der Waals surface area contributed by atoms with Crippen molar-refractivity contribution in [1.29, 1.82) is 5.26 Å². The largest absolute Gasteiger partial charge is 0.456 e. The summed E-state index contributed by atoms with van der Waals surface area (Å²) in [6.07, 6.45) is 0. The third kappa shape index (κ3) is 3.92. The Morgan fingerprint density at radius 1 is 1.30 bits per heavy atom. The molecule has 0 saturated heterocycles. The zero-order chi connectivity index (χ0) is 16.8. The third-order valence-electron chi connectivity index (χ3n) is 3.13. The van der Waals surface area contributed by atoms with E-state index in [0.29, 0.717) is 11.6 Å². The van der Waals surface area contributed by atoms with Gasteiger partial charge in [0.05, 0.1) is 5.69 Å². The number of fused-ring (bicyclic) bond motifs is 1. The van der Waals surface area contributed by atoms with Crippen LogP contribution in [0, 0.1) is 11.3 Å². The van der Waals surface area contributed by atoms with Gasteiger partial charge in [0, 0.05) is 18.6 Å². The maximum atomic E-state index is 12.2. The molecule has 23 heavy (non-hydrogen) atoms. The monoisotopic (exact) mass is 332 g/mol. The first-order valence-corrected chi connectivity index (χ1v) is 7.81. The molecule has 0 bridgehead atoms. The minimum Gasteiger partial charge on any atom is -0.456 e. The third-order valence-corrected chi connectivity index (χ3v) is 4.37. The zero-order valence-electron chi connectivity index (χ0n) is 12.9. The van der Waals surface area contributed by atoms with E-state index in [1.165, 1.54) is 11.8 Å². The highest BCUT2D eigenvalue weighted by Crippen LogP contribution is 2.45. The average Bonchev–Trinajstić information content (AvgIpc) is 2.89. The van der Waals surface area contributed by atoms with E-state index in [2.05, 4.69) is 0 Å². The van der Waals surface area contributed by atoms with Crippen molar-refractivity contribution in [3.8, 4) is 6.07 Å². The van der Waals surface area contributed by atoms with Gasteiger partial charge >= 0.3 is 5.97 Å². The lowest BCUT2D eigenvalue weighted by molar-refractivity contribution is -0.151. The van der Waals surface area contributed by atoms with E-state index in [4.69, 9.17) is 9.47 Å². The van der Waals surface area contributed by atoms with Crippen LogP contribution in [0.3, 0.4) is 0 Å². The summed E-state index contributed by atoms with van der Waals surface area (Å²) >= 11 is 1.35. The number of Topliss-reactive ketones (excluding diaryl/α,β-unsaturated/α-hetero) is 1. The molecule has 0 aromatic heterocycles. The highest BCUT2D eigenvalue weighted by molar-refractivity contribution is 8.03. The van der Waals surface area contributed by atoms with Gasteiger partial charge < -0.3 is 14.4 Å². The predicted octanol–water partition coefficient (Wildman–Crippen LogP) is 2.11. The highest BCUT2D eigenvalue weighted by Gasteiger charge is 2.28. The molecule has 2 rings (SSSR count). The summed E-state index contributed by atoms with van der Waals surface area (Å²) < 4.78 is 9.73. The Labute approximate surface area is 138 Å². The van der Waals surface area contributed by atoms with E-state index < -0.39 is 18.4 Å². The fourth-order valence-electron chi connectivity index (χ4n) is 2.00. The molecule has 6 nitrogen and oxygen atoms in total. The molecular formula is C16H16N2O4S. The molecule has 1 aliphatic heterocycles. The Morgan fingerprint density at radius 3 is 2.70 bits per heavy atom. The summed E-state index contributed by atoms with van der Waals surface area (Å²) in [5.74, 6) is -1.15. The van der Waals surface area contributed by atoms with Crippen molar-refractivity contribution in [2.75, 3.05) is 31.8 Å². The Morgan fingerprint density at radius 2 is 2.04 bits per heavy atom. The van der Waals surface area contributed by atoms with Gasteiger partial charge in [0.15, 0.2) is 6.61 Å². The molecule has 1 heterocycles. The van der Waals surface area contributed by atoms with Crippen molar-refractivity contribution in [1.82, 2.24) is 0 Å². The lowest BCUT2D eigenvalue weighted by Gasteiger charge is -2.14. The van der Waals surface area contributed by atoms with Crippen LogP contribution in [0.15, 0.2) is 39.8 Å². The van der Waals surface area contributed by atoms with Crippen molar-refractivity contribution >= 4 is 29.2 Å². The van der Waals surface area contributed by atoms with E-state index >= 15 is 0 Å². The second-order valence-electron chi connectivity index (χ2n) is 4.64. The fourth-order valence-corrected chi connectivity index (χ4v) is 3.16. The molecular weight excluding hydrogens is 316 g/mol. The van der Waals surface area contributed by atoms with Crippen LogP contribution in [0.4, 0.5) is 5.69 Å². The summed E-state index contributed by atoms with van der Waals surface area (Å²) in [6, 6.07) is 9.54. The summed E-state index contributed by atoms with van der Waals surface area (Å²) in [6.45, 7) is 1.46. The minimum absolute atomic E-state index is 0.0158. The van der Waals surface area contributed by atoms with Gasteiger partial charge in [-0.1, -0.05) is 23.9 Å². The number of anilines is 1. The molecule has 0 spiro atoms. The number of esters is 1. The molecule has 0 radical (unpaired) electrons. The van der Waals surface area contributed by atoms with Crippen molar-refractivity contribution in [2.24, 2.45) is 0 Å². The van der Waals surface area contributed by atoms with Gasteiger partial charge in [-0.15, -0.1) is 0 Å². The first kappa shape index (κ1) is 17.1. The van der Waals surface area contributed by atoms with E-state index in [1.54, 1.807) is 18.9 Å². The second kappa shape index (κ2) is 7.81. The molecule has 0 fully saturated rings. The van der Waals surface area contributed by atoms with E-state index in [0.717, 1.165) is 10.6 Å². The quantitative estimate of drug-likeness (QED) is 0.448. The second-order valence-corrected chi connectivity index (χ2v) is 5.67. The van der Waals surface area contributed by atoms with Crippen LogP contribution >= 0.6 is 11.8 Å². The molecule has 0 saturated carbocycles. The van der Waals surface area contributed by atoms with Crippen LogP contribution in [0.1, 0.15) is 6.92 Å². The minimum atomic E-state index is -0.627. The lowest BCUT2D eigenvalue weighted by atomic mass is 10.2. The molecule has 0 amide bonds. The maximum Gasteiger partial charge on any atom is 0.332 e. The topological polar surface area (TPSA) is 79.6 Å². The molecule has 1 aromatic carbocycles. The van der Waals surface area contributed by atoms with Gasteiger partial charge in [0.25, 0.3) is 0 Å². The molecule has 1 aliphatic rings. The van der Waals surface area contributed by atoms with Crippen molar-refractivity contribution in [3.63, 3.8) is 0 Å². The zero-order valence-corrected chi connectivity index (χ0v) is 13.7. The van der Waals surface area contributed by atoms with E-state index in [-0.39, 0.29) is 12.2 Å². The predicted molar refractivity (Wildman–Crippen MR) is 85.8 cm³/mol. The number of ether oxygens (including phenoxy) is 2. The fraction of sp³-hybridized carbons (Fsp3) is 0.312. The number of carbonyl (C=O) groups excluding carboxylic acids is 2. The van der Waals surface area contributed by atoms with Crippen LogP contribution in [0.25, 0.3) is 0 Å². The number of hydrogen-bond acceptors (Lipinski definition) is 7. The normalized spacial score (nSPS) is 14.9. The van der Waals surface area contributed by atoms with E-state index in [1.807, 2.05) is 30.3 Å². The molecule has 120 valence electrons. The molecule has 1 aromatic rings. The SMILES string of the molecule is CCOCC(=O)OCC(=O)/C(C#N)=C1\Sc2ccccc2N1C. The van der Waals surface area contributed by atoms with Gasteiger partial charge in [0.2, 0.25) is 5.78 Å². The van der Waals surface area contributed by atoms with Crippen LogP contribution in [0.5, 0.6) is 0 Å².